The minimum absolute atomic E-state index is 0.169. The van der Waals surface area contributed by atoms with Crippen LogP contribution in [0.3, 0.4) is 0 Å². The number of halogens is 2. The van der Waals surface area contributed by atoms with Crippen LogP contribution in [0.5, 0.6) is 17.2 Å². The van der Waals surface area contributed by atoms with E-state index in [0.29, 0.717) is 27.1 Å². The molecule has 0 unspecified atom stereocenters. The second-order valence-corrected chi connectivity index (χ2v) is 8.54. The number of allylic oxidation sites excluding steroid dienone is 1. The molecule has 4 aromatic rings. The molecule has 1 aliphatic heterocycles. The number of rotatable bonds is 5. The van der Waals surface area contributed by atoms with Gasteiger partial charge >= 0.3 is 0 Å². The van der Waals surface area contributed by atoms with Crippen molar-refractivity contribution in [1.82, 2.24) is 4.57 Å². The number of carbonyl (C=O) groups is 1. The van der Waals surface area contributed by atoms with Gasteiger partial charge in [-0.3, -0.25) is 4.79 Å². The fourth-order valence-electron chi connectivity index (χ4n) is 3.84. The van der Waals surface area contributed by atoms with Gasteiger partial charge in [-0.15, -0.1) is 0 Å². The quantitative estimate of drug-likeness (QED) is 0.299. The van der Waals surface area contributed by atoms with Crippen molar-refractivity contribution >= 4 is 46.0 Å². The van der Waals surface area contributed by atoms with E-state index in [4.69, 9.17) is 37.4 Å². The molecule has 0 saturated heterocycles. The number of carbonyl (C=O) groups excluding carboxylic acids is 1. The van der Waals surface area contributed by atoms with Crippen LogP contribution >= 0.6 is 23.2 Å². The fraction of sp³-hybridized carbons (Fsp3) is 0.115. The highest BCUT2D eigenvalue weighted by molar-refractivity contribution is 6.35. The molecule has 5 nitrogen and oxygen atoms in total. The van der Waals surface area contributed by atoms with Crippen LogP contribution in [0.25, 0.3) is 17.0 Å². The zero-order valence-electron chi connectivity index (χ0n) is 17.9. The Morgan fingerprint density at radius 1 is 1.03 bits per heavy atom. The molecule has 0 atom stereocenters. The molecule has 0 radical (unpaired) electrons. The molecule has 7 heteroatoms. The topological polar surface area (TPSA) is 49.7 Å². The molecule has 0 bridgehead atoms. The standard InChI is InChI=1S/C26H19Cl2NO4/c1-29-13-16(21-11-18(31-2)6-8-23(21)29)9-25-26(30)20-7-5-19(12-24(20)33-25)32-14-15-3-4-17(27)10-22(15)28/h3-13H,14H2,1-2H3/b25-9-. The maximum Gasteiger partial charge on any atom is 0.231 e. The maximum absolute atomic E-state index is 12.9. The van der Waals surface area contributed by atoms with Crippen molar-refractivity contribution in [2.24, 2.45) is 7.05 Å². The van der Waals surface area contributed by atoms with Crippen molar-refractivity contribution in [3.05, 3.63) is 93.3 Å². The molecule has 0 spiro atoms. The summed E-state index contributed by atoms with van der Waals surface area (Å²) in [5.41, 5.74) is 3.21. The molecule has 0 aliphatic carbocycles. The number of ketones is 1. The van der Waals surface area contributed by atoms with Crippen LogP contribution in [-0.4, -0.2) is 17.5 Å². The van der Waals surface area contributed by atoms with Crippen molar-refractivity contribution in [3.63, 3.8) is 0 Å². The van der Waals surface area contributed by atoms with E-state index in [1.54, 1.807) is 43.5 Å². The van der Waals surface area contributed by atoms with Gasteiger partial charge in [0.2, 0.25) is 5.78 Å². The molecule has 166 valence electrons. The predicted octanol–water partition coefficient (Wildman–Crippen LogP) is 6.69. The Kier molecular flexibility index (Phi) is 5.52. The van der Waals surface area contributed by atoms with Crippen LogP contribution in [0.15, 0.2) is 66.6 Å². The predicted molar refractivity (Wildman–Crippen MR) is 130 cm³/mol. The molecular weight excluding hydrogens is 461 g/mol. The molecule has 1 aromatic heterocycles. The van der Waals surface area contributed by atoms with E-state index in [-0.39, 0.29) is 18.1 Å². The second kappa shape index (κ2) is 8.50. The van der Waals surface area contributed by atoms with Crippen molar-refractivity contribution in [3.8, 4) is 17.2 Å². The Labute approximate surface area is 200 Å². The zero-order valence-corrected chi connectivity index (χ0v) is 19.4. The first kappa shape index (κ1) is 21.4. The highest BCUT2D eigenvalue weighted by Gasteiger charge is 2.28. The average molecular weight is 480 g/mol. The Morgan fingerprint density at radius 3 is 2.64 bits per heavy atom. The summed E-state index contributed by atoms with van der Waals surface area (Å²) in [7, 11) is 3.59. The minimum atomic E-state index is -0.169. The molecule has 0 N–H and O–H groups in total. The number of aromatic nitrogens is 1. The van der Waals surface area contributed by atoms with Gasteiger partial charge in [0.15, 0.2) is 5.76 Å². The average Bonchev–Trinajstić information content (AvgIpc) is 3.28. The SMILES string of the molecule is COc1ccc2c(c1)c(/C=C1\Oc3cc(OCc4ccc(Cl)cc4Cl)ccc3C1=O)cn2C. The lowest BCUT2D eigenvalue weighted by molar-refractivity contribution is 0.101. The van der Waals surface area contributed by atoms with Crippen LogP contribution in [0.4, 0.5) is 0 Å². The molecule has 33 heavy (non-hydrogen) atoms. The summed E-state index contributed by atoms with van der Waals surface area (Å²) in [6.45, 7) is 0.267. The van der Waals surface area contributed by atoms with E-state index in [2.05, 4.69) is 0 Å². The Morgan fingerprint density at radius 2 is 1.85 bits per heavy atom. The van der Waals surface area contributed by atoms with Gasteiger partial charge in [-0.05, 0) is 48.5 Å². The van der Waals surface area contributed by atoms with E-state index in [0.717, 1.165) is 27.8 Å². The molecule has 5 rings (SSSR count). The van der Waals surface area contributed by atoms with Gasteiger partial charge in [-0.25, -0.2) is 0 Å². The van der Waals surface area contributed by atoms with Gasteiger partial charge in [0, 0.05) is 51.4 Å². The summed E-state index contributed by atoms with van der Waals surface area (Å²) in [5, 5.41) is 2.07. The first-order valence-electron chi connectivity index (χ1n) is 10.2. The summed E-state index contributed by atoms with van der Waals surface area (Å²) in [5.74, 6) is 1.88. The summed E-state index contributed by atoms with van der Waals surface area (Å²) < 4.78 is 19.1. The van der Waals surface area contributed by atoms with Crippen molar-refractivity contribution in [2.45, 2.75) is 6.61 Å². The molecule has 3 aromatic carbocycles. The summed E-state index contributed by atoms with van der Waals surface area (Å²) in [6.07, 6.45) is 3.72. The van der Waals surface area contributed by atoms with Crippen molar-refractivity contribution in [2.75, 3.05) is 7.11 Å². The number of benzene rings is 3. The smallest absolute Gasteiger partial charge is 0.231 e. The van der Waals surface area contributed by atoms with Crippen LogP contribution < -0.4 is 14.2 Å². The number of methoxy groups -OCH3 is 1. The summed E-state index contributed by atoms with van der Waals surface area (Å²) >= 11 is 12.2. The lowest BCUT2D eigenvalue weighted by Crippen LogP contribution is -1.98. The lowest BCUT2D eigenvalue weighted by atomic mass is 10.1. The molecular formula is C26H19Cl2NO4. The fourth-order valence-corrected chi connectivity index (χ4v) is 4.30. The number of hydrogen-bond acceptors (Lipinski definition) is 4. The van der Waals surface area contributed by atoms with E-state index >= 15 is 0 Å². The van der Waals surface area contributed by atoms with E-state index in [1.165, 1.54) is 0 Å². The third-order valence-electron chi connectivity index (χ3n) is 5.56. The number of fused-ring (bicyclic) bond motifs is 2. The second-order valence-electron chi connectivity index (χ2n) is 7.70. The third kappa shape index (κ3) is 4.06. The van der Waals surface area contributed by atoms with Crippen LogP contribution in [-0.2, 0) is 13.7 Å². The highest BCUT2D eigenvalue weighted by atomic mass is 35.5. The first-order valence-corrected chi connectivity index (χ1v) is 11.0. The van der Waals surface area contributed by atoms with E-state index in [9.17, 15) is 4.79 Å². The van der Waals surface area contributed by atoms with Crippen LogP contribution in [0.2, 0.25) is 10.0 Å². The number of hydrogen-bond donors (Lipinski definition) is 0. The molecule has 0 saturated carbocycles. The van der Waals surface area contributed by atoms with Gasteiger partial charge < -0.3 is 18.8 Å². The summed E-state index contributed by atoms with van der Waals surface area (Å²) in [4.78, 5) is 12.9. The Balaban J connectivity index is 1.40. The maximum atomic E-state index is 12.9. The molecule has 0 amide bonds. The minimum Gasteiger partial charge on any atom is -0.497 e. The number of aryl methyl sites for hydroxylation is 1. The first-order chi connectivity index (χ1) is 15.9. The number of Topliss-reactive ketones (excluding diaryl/α,β-unsaturated/α-hetero) is 1. The van der Waals surface area contributed by atoms with Crippen LogP contribution in [0.1, 0.15) is 21.5 Å². The molecule has 0 fully saturated rings. The monoisotopic (exact) mass is 479 g/mol. The van der Waals surface area contributed by atoms with E-state index in [1.807, 2.05) is 42.1 Å². The normalized spacial score (nSPS) is 13.9. The van der Waals surface area contributed by atoms with Crippen molar-refractivity contribution < 1.29 is 19.0 Å². The van der Waals surface area contributed by atoms with Crippen LogP contribution in [0, 0.1) is 0 Å². The third-order valence-corrected chi connectivity index (χ3v) is 6.15. The lowest BCUT2D eigenvalue weighted by Gasteiger charge is -2.09. The molecule has 2 heterocycles. The summed E-state index contributed by atoms with van der Waals surface area (Å²) in [6, 6.07) is 16.3. The zero-order chi connectivity index (χ0) is 23.1. The van der Waals surface area contributed by atoms with Gasteiger partial charge in [-0.1, -0.05) is 29.3 Å². The number of nitrogens with zero attached hydrogens (tertiary/aromatic N) is 1. The number of ether oxygens (including phenoxy) is 3. The molecule has 1 aliphatic rings. The van der Waals surface area contributed by atoms with Gasteiger partial charge in [0.25, 0.3) is 0 Å². The van der Waals surface area contributed by atoms with Gasteiger partial charge in [-0.2, -0.15) is 0 Å². The Bertz CT molecular complexity index is 1440. The van der Waals surface area contributed by atoms with Gasteiger partial charge in [0.1, 0.15) is 23.9 Å². The van der Waals surface area contributed by atoms with Crippen molar-refractivity contribution in [1.29, 1.82) is 0 Å². The largest absolute Gasteiger partial charge is 0.497 e. The van der Waals surface area contributed by atoms with Gasteiger partial charge in [0.05, 0.1) is 12.7 Å². The van der Waals surface area contributed by atoms with E-state index < -0.39 is 0 Å². The Hall–Kier alpha value is -3.41. The highest BCUT2D eigenvalue weighted by Crippen LogP contribution is 2.36.